The van der Waals surface area contributed by atoms with Gasteiger partial charge in [0.1, 0.15) is 0 Å². The molecule has 5 heteroatoms. The molecule has 0 aliphatic carbocycles. The largest absolute Gasteiger partial charge is 0.264 e. The van der Waals surface area contributed by atoms with E-state index < -0.39 is 0 Å². The van der Waals surface area contributed by atoms with Gasteiger partial charge in [-0.05, 0) is 63.9 Å². The van der Waals surface area contributed by atoms with Crippen molar-refractivity contribution < 1.29 is 0 Å². The Bertz CT molecular complexity index is 2910. The van der Waals surface area contributed by atoms with Crippen LogP contribution in [0.25, 0.3) is 100 Å². The van der Waals surface area contributed by atoms with Gasteiger partial charge in [0.25, 0.3) is 0 Å². The fraction of sp³-hybridized carbons (Fsp3) is 0. The summed E-state index contributed by atoms with van der Waals surface area (Å²) in [5.41, 5.74) is 9.90. The van der Waals surface area contributed by atoms with Crippen molar-refractivity contribution in [3.05, 3.63) is 188 Å². The van der Waals surface area contributed by atoms with Crippen molar-refractivity contribution in [2.24, 2.45) is 0 Å². The van der Waals surface area contributed by atoms with Crippen molar-refractivity contribution in [2.75, 3.05) is 0 Å². The summed E-state index contributed by atoms with van der Waals surface area (Å²) >= 11 is 0. The number of aromatic nitrogens is 5. The van der Waals surface area contributed by atoms with Gasteiger partial charge in [-0.3, -0.25) is 4.98 Å². The van der Waals surface area contributed by atoms with Crippen LogP contribution in [0.4, 0.5) is 0 Å². The van der Waals surface area contributed by atoms with Gasteiger partial charge in [-0.15, -0.1) is 0 Å². The standard InChI is InChI=1S/C49H31N5/c1-4-15-32(16-5-1)46-43-30-42(39-22-10-11-23-40(39)45(43)41-24-12-13-25-44(41)51-46)37-27-36(35-21-14-26-50-31-35)28-38(29-37)49-53-47(33-17-6-2-7-18-33)52-48(54-49)34-19-8-3-9-20-34/h1-31H. The van der Waals surface area contributed by atoms with Gasteiger partial charge in [0.2, 0.25) is 0 Å². The van der Waals surface area contributed by atoms with Crippen LogP contribution in [0.3, 0.4) is 0 Å². The predicted molar refractivity (Wildman–Crippen MR) is 221 cm³/mol. The third-order valence-corrected chi connectivity index (χ3v) is 9.95. The molecule has 252 valence electrons. The van der Waals surface area contributed by atoms with E-state index in [-0.39, 0.29) is 0 Å². The molecule has 0 aliphatic rings. The second-order valence-electron chi connectivity index (χ2n) is 13.3. The number of hydrogen-bond acceptors (Lipinski definition) is 5. The molecule has 0 saturated heterocycles. The smallest absolute Gasteiger partial charge is 0.164 e. The van der Waals surface area contributed by atoms with Gasteiger partial charge in [-0.1, -0.05) is 140 Å². The van der Waals surface area contributed by atoms with Crippen LogP contribution in [-0.4, -0.2) is 24.9 Å². The lowest BCUT2D eigenvalue weighted by atomic mass is 9.88. The lowest BCUT2D eigenvalue weighted by Gasteiger charge is -2.17. The second-order valence-corrected chi connectivity index (χ2v) is 13.3. The Labute approximate surface area is 312 Å². The highest BCUT2D eigenvalue weighted by atomic mass is 15.0. The van der Waals surface area contributed by atoms with Crippen LogP contribution in [0.15, 0.2) is 188 Å². The highest BCUT2D eigenvalue weighted by molar-refractivity contribution is 6.25. The molecule has 0 N–H and O–H groups in total. The summed E-state index contributed by atoms with van der Waals surface area (Å²) in [6, 6.07) is 60.8. The minimum Gasteiger partial charge on any atom is -0.264 e. The highest BCUT2D eigenvalue weighted by Gasteiger charge is 2.19. The molecule has 0 radical (unpaired) electrons. The summed E-state index contributed by atoms with van der Waals surface area (Å²) in [5.74, 6) is 1.83. The third-order valence-electron chi connectivity index (χ3n) is 9.95. The summed E-state index contributed by atoms with van der Waals surface area (Å²) in [4.78, 5) is 25.0. The lowest BCUT2D eigenvalue weighted by Crippen LogP contribution is -2.00. The Hall–Kier alpha value is -7.37. The van der Waals surface area contributed by atoms with E-state index in [9.17, 15) is 0 Å². The Morgan fingerprint density at radius 3 is 1.48 bits per heavy atom. The van der Waals surface area contributed by atoms with Gasteiger partial charge in [0.15, 0.2) is 17.5 Å². The number of hydrogen-bond donors (Lipinski definition) is 0. The molecule has 0 atom stereocenters. The van der Waals surface area contributed by atoms with E-state index >= 15 is 0 Å². The molecular formula is C49H31N5. The maximum atomic E-state index is 5.29. The summed E-state index contributed by atoms with van der Waals surface area (Å²) < 4.78 is 0. The van der Waals surface area contributed by atoms with Gasteiger partial charge in [-0.2, -0.15) is 0 Å². The number of rotatable bonds is 6. The number of para-hydroxylation sites is 1. The zero-order chi connectivity index (χ0) is 35.8. The molecule has 5 nitrogen and oxygen atoms in total. The Morgan fingerprint density at radius 1 is 0.315 bits per heavy atom. The molecule has 0 aliphatic heterocycles. The van der Waals surface area contributed by atoms with E-state index in [1.807, 2.05) is 79.0 Å². The van der Waals surface area contributed by atoms with E-state index in [0.29, 0.717) is 17.5 Å². The average Bonchev–Trinajstić information content (AvgIpc) is 3.26. The number of pyridine rings is 2. The summed E-state index contributed by atoms with van der Waals surface area (Å²) in [6.07, 6.45) is 3.71. The summed E-state index contributed by atoms with van der Waals surface area (Å²) in [7, 11) is 0. The van der Waals surface area contributed by atoms with Crippen molar-refractivity contribution in [2.45, 2.75) is 0 Å². The first-order chi connectivity index (χ1) is 26.8. The van der Waals surface area contributed by atoms with Crippen molar-refractivity contribution in [1.82, 2.24) is 24.9 Å². The van der Waals surface area contributed by atoms with Crippen LogP contribution in [0, 0.1) is 0 Å². The van der Waals surface area contributed by atoms with Gasteiger partial charge in [0, 0.05) is 56.4 Å². The molecule has 3 heterocycles. The van der Waals surface area contributed by atoms with E-state index in [1.54, 1.807) is 6.20 Å². The molecule has 3 aromatic heterocycles. The minimum atomic E-state index is 0.595. The SMILES string of the molecule is c1ccc(-c2nc(-c3ccccc3)nc(-c3cc(-c4cccnc4)cc(-c4cc5c(-c6ccccc6)nc6ccccc6c5c5ccccc45)c3)n2)cc1. The van der Waals surface area contributed by atoms with Crippen LogP contribution >= 0.6 is 0 Å². The van der Waals surface area contributed by atoms with Crippen LogP contribution in [0.1, 0.15) is 0 Å². The van der Waals surface area contributed by atoms with E-state index in [4.69, 9.17) is 19.9 Å². The van der Waals surface area contributed by atoms with Crippen LogP contribution in [0.5, 0.6) is 0 Å². The number of nitrogens with zero attached hydrogens (tertiary/aromatic N) is 5. The number of benzene rings is 7. The molecule has 0 unspecified atom stereocenters. The second kappa shape index (κ2) is 13.3. The molecule has 10 rings (SSSR count). The van der Waals surface area contributed by atoms with Gasteiger partial charge in [0.05, 0.1) is 11.2 Å². The molecule has 0 bridgehead atoms. The number of fused-ring (bicyclic) bond motifs is 5. The van der Waals surface area contributed by atoms with Crippen LogP contribution in [0.2, 0.25) is 0 Å². The fourth-order valence-electron chi connectivity index (χ4n) is 7.42. The first-order valence-electron chi connectivity index (χ1n) is 18.0. The molecule has 0 spiro atoms. The molecule has 54 heavy (non-hydrogen) atoms. The fourth-order valence-corrected chi connectivity index (χ4v) is 7.42. The first-order valence-corrected chi connectivity index (χ1v) is 18.0. The highest BCUT2D eigenvalue weighted by Crippen LogP contribution is 2.43. The normalized spacial score (nSPS) is 11.3. The topological polar surface area (TPSA) is 64.5 Å². The Balaban J connectivity index is 1.28. The van der Waals surface area contributed by atoms with E-state index in [1.165, 1.54) is 10.8 Å². The maximum Gasteiger partial charge on any atom is 0.164 e. The molecule has 7 aromatic carbocycles. The zero-order valence-electron chi connectivity index (χ0n) is 29.1. The van der Waals surface area contributed by atoms with Gasteiger partial charge < -0.3 is 0 Å². The first kappa shape index (κ1) is 31.4. The minimum absolute atomic E-state index is 0.595. The van der Waals surface area contributed by atoms with E-state index in [0.717, 1.165) is 71.9 Å². The average molecular weight is 690 g/mol. The molecule has 0 fully saturated rings. The Morgan fingerprint density at radius 2 is 0.833 bits per heavy atom. The zero-order valence-corrected chi connectivity index (χ0v) is 29.1. The van der Waals surface area contributed by atoms with Crippen LogP contribution < -0.4 is 0 Å². The van der Waals surface area contributed by atoms with Crippen LogP contribution in [-0.2, 0) is 0 Å². The van der Waals surface area contributed by atoms with Crippen molar-refractivity contribution in [3.8, 4) is 67.7 Å². The summed E-state index contributed by atoms with van der Waals surface area (Å²) in [6.45, 7) is 0. The molecular weight excluding hydrogens is 659 g/mol. The molecule has 10 aromatic rings. The van der Waals surface area contributed by atoms with Crippen molar-refractivity contribution >= 4 is 32.4 Å². The van der Waals surface area contributed by atoms with Gasteiger partial charge >= 0.3 is 0 Å². The Kier molecular flexibility index (Phi) is 7.73. The van der Waals surface area contributed by atoms with Gasteiger partial charge in [-0.25, -0.2) is 19.9 Å². The molecule has 0 saturated carbocycles. The quantitative estimate of drug-likeness (QED) is 0.163. The van der Waals surface area contributed by atoms with Crippen molar-refractivity contribution in [1.29, 1.82) is 0 Å². The maximum absolute atomic E-state index is 5.29. The summed E-state index contributed by atoms with van der Waals surface area (Å²) in [5, 5.41) is 5.75. The molecule has 0 amide bonds. The van der Waals surface area contributed by atoms with Crippen molar-refractivity contribution in [3.63, 3.8) is 0 Å². The monoisotopic (exact) mass is 689 g/mol. The third kappa shape index (κ3) is 5.65. The lowest BCUT2D eigenvalue weighted by molar-refractivity contribution is 1.07. The predicted octanol–water partition coefficient (Wildman–Crippen LogP) is 12.1. The van der Waals surface area contributed by atoms with E-state index in [2.05, 4.69) is 108 Å².